The first-order valence-corrected chi connectivity index (χ1v) is 7.53. The van der Waals surface area contributed by atoms with E-state index < -0.39 is 29.1 Å². The van der Waals surface area contributed by atoms with Crippen LogP contribution in [0, 0.1) is 5.92 Å². The lowest BCUT2D eigenvalue weighted by molar-refractivity contribution is -0.174. The van der Waals surface area contributed by atoms with Gasteiger partial charge in [0.15, 0.2) is 5.92 Å². The van der Waals surface area contributed by atoms with Crippen LogP contribution in [0.3, 0.4) is 0 Å². The molecule has 4 heteroatoms. The molecule has 21 heavy (non-hydrogen) atoms. The van der Waals surface area contributed by atoms with Crippen molar-refractivity contribution in [2.24, 2.45) is 5.92 Å². The minimum atomic E-state index is -0.853. The van der Waals surface area contributed by atoms with Crippen LogP contribution >= 0.6 is 0 Å². The second-order valence-electron chi connectivity index (χ2n) is 7.12. The van der Waals surface area contributed by atoms with Gasteiger partial charge in [-0.15, -0.1) is 0 Å². The van der Waals surface area contributed by atoms with Crippen LogP contribution in [0.25, 0.3) is 0 Å². The van der Waals surface area contributed by atoms with Gasteiger partial charge < -0.3 is 9.47 Å². The third kappa shape index (κ3) is 10.1. The first kappa shape index (κ1) is 19.7. The van der Waals surface area contributed by atoms with E-state index in [9.17, 15) is 9.59 Å². The van der Waals surface area contributed by atoms with E-state index in [0.717, 1.165) is 12.8 Å². The standard InChI is InChI=1S/C17H30O4/c1-8-9-10-11-12-13(14(18)20-16(2,3)4)15(19)21-17(5,6)7/h8-9,13H,10-12H2,1-7H3/b9-8+. The molecule has 0 aromatic rings. The molecule has 0 aliphatic carbocycles. The first-order valence-electron chi connectivity index (χ1n) is 7.53. The highest BCUT2D eigenvalue weighted by Gasteiger charge is 2.34. The normalized spacial score (nSPS) is 12.8. The largest absolute Gasteiger partial charge is 0.459 e. The smallest absolute Gasteiger partial charge is 0.320 e. The maximum atomic E-state index is 12.2. The molecule has 0 aromatic heterocycles. The number of carbonyl (C=O) groups excluding carboxylic acids is 2. The fourth-order valence-corrected chi connectivity index (χ4v) is 1.68. The molecule has 0 spiro atoms. The van der Waals surface area contributed by atoms with Crippen molar-refractivity contribution in [1.29, 1.82) is 0 Å². The maximum absolute atomic E-state index is 12.2. The average molecular weight is 298 g/mol. The third-order valence-electron chi connectivity index (χ3n) is 2.48. The summed E-state index contributed by atoms with van der Waals surface area (Å²) in [5.74, 6) is -1.86. The van der Waals surface area contributed by atoms with E-state index in [0.29, 0.717) is 6.42 Å². The third-order valence-corrected chi connectivity index (χ3v) is 2.48. The molecule has 0 saturated carbocycles. The highest BCUT2D eigenvalue weighted by atomic mass is 16.6. The van der Waals surface area contributed by atoms with Crippen LogP contribution in [0.2, 0.25) is 0 Å². The molecule has 0 fully saturated rings. The number of hydrogen-bond donors (Lipinski definition) is 0. The molecule has 4 nitrogen and oxygen atoms in total. The van der Waals surface area contributed by atoms with E-state index in [1.54, 1.807) is 41.5 Å². The molecule has 122 valence electrons. The average Bonchev–Trinajstić information content (AvgIpc) is 2.23. The Kier molecular flexibility index (Phi) is 7.69. The van der Waals surface area contributed by atoms with E-state index in [1.807, 2.05) is 19.1 Å². The summed E-state index contributed by atoms with van der Waals surface area (Å²) in [6, 6.07) is 0. The molecule has 0 saturated heterocycles. The molecular formula is C17H30O4. The molecule has 0 radical (unpaired) electrons. The van der Waals surface area contributed by atoms with Crippen molar-refractivity contribution in [3.63, 3.8) is 0 Å². The van der Waals surface area contributed by atoms with Crippen molar-refractivity contribution in [2.75, 3.05) is 0 Å². The summed E-state index contributed by atoms with van der Waals surface area (Å²) in [4.78, 5) is 24.4. The highest BCUT2D eigenvalue weighted by Crippen LogP contribution is 2.20. The van der Waals surface area contributed by atoms with Crippen LogP contribution in [-0.2, 0) is 19.1 Å². The van der Waals surface area contributed by atoms with Crippen molar-refractivity contribution in [3.05, 3.63) is 12.2 Å². The zero-order chi connectivity index (χ0) is 16.7. The van der Waals surface area contributed by atoms with Gasteiger partial charge in [0.05, 0.1) is 0 Å². The Morgan fingerprint density at radius 3 is 1.71 bits per heavy atom. The quantitative estimate of drug-likeness (QED) is 0.321. The van der Waals surface area contributed by atoms with Gasteiger partial charge in [0.2, 0.25) is 0 Å². The van der Waals surface area contributed by atoms with Crippen molar-refractivity contribution in [1.82, 2.24) is 0 Å². The predicted octanol–water partition coefficient (Wildman–Crippen LogP) is 4.03. The van der Waals surface area contributed by atoms with Crippen molar-refractivity contribution in [2.45, 2.75) is 78.9 Å². The number of ether oxygens (including phenoxy) is 2. The summed E-state index contributed by atoms with van der Waals surface area (Å²) < 4.78 is 10.7. The SMILES string of the molecule is C/C=C/CCCC(C(=O)OC(C)(C)C)C(=O)OC(C)(C)C. The second-order valence-corrected chi connectivity index (χ2v) is 7.12. The van der Waals surface area contributed by atoms with Gasteiger partial charge in [-0.25, -0.2) is 0 Å². The van der Waals surface area contributed by atoms with Crippen LogP contribution in [0.5, 0.6) is 0 Å². The van der Waals surface area contributed by atoms with Crippen LogP contribution in [0.15, 0.2) is 12.2 Å². The van der Waals surface area contributed by atoms with E-state index in [1.165, 1.54) is 0 Å². The Morgan fingerprint density at radius 2 is 1.38 bits per heavy atom. The molecule has 0 N–H and O–H groups in total. The van der Waals surface area contributed by atoms with E-state index in [4.69, 9.17) is 9.47 Å². The van der Waals surface area contributed by atoms with Gasteiger partial charge in [0.25, 0.3) is 0 Å². The highest BCUT2D eigenvalue weighted by molar-refractivity contribution is 5.95. The Hall–Kier alpha value is -1.32. The van der Waals surface area contributed by atoms with E-state index in [-0.39, 0.29) is 0 Å². The first-order chi connectivity index (χ1) is 9.46. The number of unbranched alkanes of at least 4 members (excludes halogenated alkanes) is 1. The van der Waals surface area contributed by atoms with Crippen LogP contribution in [0.4, 0.5) is 0 Å². The topological polar surface area (TPSA) is 52.6 Å². The van der Waals surface area contributed by atoms with Gasteiger partial charge in [0, 0.05) is 0 Å². The van der Waals surface area contributed by atoms with Crippen LogP contribution in [-0.4, -0.2) is 23.1 Å². The number of carbonyl (C=O) groups is 2. The van der Waals surface area contributed by atoms with Gasteiger partial charge in [-0.3, -0.25) is 9.59 Å². The zero-order valence-electron chi connectivity index (χ0n) is 14.5. The molecule has 0 bridgehead atoms. The fraction of sp³-hybridized carbons (Fsp3) is 0.765. The molecule has 0 aliphatic rings. The zero-order valence-corrected chi connectivity index (χ0v) is 14.5. The second kappa shape index (κ2) is 8.20. The van der Waals surface area contributed by atoms with E-state index >= 15 is 0 Å². The van der Waals surface area contributed by atoms with Gasteiger partial charge in [-0.1, -0.05) is 12.2 Å². The summed E-state index contributed by atoms with van der Waals surface area (Å²) in [5, 5.41) is 0. The minimum absolute atomic E-state index is 0.439. The van der Waals surface area contributed by atoms with E-state index in [2.05, 4.69) is 0 Å². The molecule has 0 aliphatic heterocycles. The summed E-state index contributed by atoms with van der Waals surface area (Å²) >= 11 is 0. The molecule has 0 heterocycles. The fourth-order valence-electron chi connectivity index (χ4n) is 1.68. The van der Waals surface area contributed by atoms with Crippen LogP contribution < -0.4 is 0 Å². The van der Waals surface area contributed by atoms with Crippen molar-refractivity contribution >= 4 is 11.9 Å². The molecular weight excluding hydrogens is 268 g/mol. The Bertz CT molecular complexity index is 341. The Balaban J connectivity index is 4.83. The predicted molar refractivity (Wildman–Crippen MR) is 83.8 cm³/mol. The lowest BCUT2D eigenvalue weighted by Gasteiger charge is -2.26. The molecule has 0 amide bonds. The number of hydrogen-bond acceptors (Lipinski definition) is 4. The van der Waals surface area contributed by atoms with Gasteiger partial charge in [-0.05, 0) is 67.7 Å². The van der Waals surface area contributed by atoms with Crippen molar-refractivity contribution in [3.8, 4) is 0 Å². The van der Waals surface area contributed by atoms with Gasteiger partial charge >= 0.3 is 11.9 Å². The Morgan fingerprint density at radius 1 is 0.952 bits per heavy atom. The summed E-state index contributed by atoms with van der Waals surface area (Å²) in [6.45, 7) is 12.7. The van der Waals surface area contributed by atoms with Crippen molar-refractivity contribution < 1.29 is 19.1 Å². The summed E-state index contributed by atoms with van der Waals surface area (Å²) in [7, 11) is 0. The maximum Gasteiger partial charge on any atom is 0.320 e. The summed E-state index contributed by atoms with van der Waals surface area (Å²) in [6.07, 6.45) is 5.98. The number of rotatable bonds is 6. The van der Waals surface area contributed by atoms with Gasteiger partial charge in [0.1, 0.15) is 11.2 Å². The monoisotopic (exact) mass is 298 g/mol. The molecule has 0 rings (SSSR count). The number of esters is 2. The molecule has 0 aromatic carbocycles. The summed E-state index contributed by atoms with van der Waals surface area (Å²) in [5.41, 5.74) is -1.22. The lowest BCUT2D eigenvalue weighted by Crippen LogP contribution is -2.36. The van der Waals surface area contributed by atoms with Crippen LogP contribution in [0.1, 0.15) is 67.7 Å². The Labute approximate surface area is 128 Å². The number of allylic oxidation sites excluding steroid dienone is 2. The lowest BCUT2D eigenvalue weighted by atomic mass is 10.0. The van der Waals surface area contributed by atoms with Gasteiger partial charge in [-0.2, -0.15) is 0 Å². The molecule has 0 unspecified atom stereocenters. The minimum Gasteiger partial charge on any atom is -0.459 e. The molecule has 0 atom stereocenters.